The van der Waals surface area contributed by atoms with Crippen LogP contribution in [0.25, 0.3) is 10.9 Å². The lowest BCUT2D eigenvalue weighted by Crippen LogP contribution is -2.16. The number of para-hydroxylation sites is 1. The monoisotopic (exact) mass is 315 g/mol. The zero-order chi connectivity index (χ0) is 16.5. The van der Waals surface area contributed by atoms with Gasteiger partial charge in [0.05, 0.1) is 6.21 Å². The maximum absolute atomic E-state index is 11.6. The van der Waals surface area contributed by atoms with Crippen LogP contribution in [-0.4, -0.2) is 28.2 Å². The first-order chi connectivity index (χ1) is 11.2. The third kappa shape index (κ3) is 5.58. The van der Waals surface area contributed by atoms with Crippen LogP contribution < -0.4 is 5.43 Å². The van der Waals surface area contributed by atoms with Crippen molar-refractivity contribution in [3.05, 3.63) is 36.0 Å². The fraction of sp³-hybridized carbons (Fsp3) is 0.353. The van der Waals surface area contributed by atoms with Gasteiger partial charge in [-0.25, -0.2) is 5.43 Å². The molecule has 0 spiro atoms. The van der Waals surface area contributed by atoms with Crippen LogP contribution in [0.3, 0.4) is 0 Å². The molecule has 122 valence electrons. The quantitative estimate of drug-likeness (QED) is 0.377. The summed E-state index contributed by atoms with van der Waals surface area (Å²) in [6.07, 6.45) is 7.17. The summed E-state index contributed by atoms with van der Waals surface area (Å²) in [4.78, 5) is 25.1. The average Bonchev–Trinajstić information content (AvgIpc) is 2.94. The molecule has 0 atom stereocenters. The Balaban J connectivity index is 1.67. The molecule has 2 aromatic rings. The van der Waals surface area contributed by atoms with Crippen LogP contribution in [0, 0.1) is 0 Å². The average molecular weight is 315 g/mol. The molecule has 0 saturated carbocycles. The van der Waals surface area contributed by atoms with Crippen molar-refractivity contribution in [2.24, 2.45) is 5.10 Å². The SMILES string of the molecule is O=C(O)CCCCCCC(=O)N/N=C/c1c[nH]c2ccccc12. The topological polar surface area (TPSA) is 94.5 Å². The van der Waals surface area contributed by atoms with Crippen molar-refractivity contribution >= 4 is 29.0 Å². The van der Waals surface area contributed by atoms with Crippen molar-refractivity contribution in [1.29, 1.82) is 0 Å². The van der Waals surface area contributed by atoms with Crippen molar-refractivity contribution in [2.75, 3.05) is 0 Å². The van der Waals surface area contributed by atoms with E-state index >= 15 is 0 Å². The van der Waals surface area contributed by atoms with Gasteiger partial charge in [-0.15, -0.1) is 0 Å². The highest BCUT2D eigenvalue weighted by Crippen LogP contribution is 2.15. The van der Waals surface area contributed by atoms with E-state index in [0.717, 1.165) is 35.7 Å². The van der Waals surface area contributed by atoms with Crippen LogP contribution >= 0.6 is 0 Å². The van der Waals surface area contributed by atoms with E-state index in [-0.39, 0.29) is 12.3 Å². The van der Waals surface area contributed by atoms with Crippen LogP contribution in [0.15, 0.2) is 35.6 Å². The third-order valence-corrected chi connectivity index (χ3v) is 3.56. The molecule has 6 nitrogen and oxygen atoms in total. The molecule has 1 aromatic heterocycles. The second-order valence-electron chi connectivity index (χ2n) is 5.39. The highest BCUT2D eigenvalue weighted by molar-refractivity contribution is 5.99. The predicted molar refractivity (Wildman–Crippen MR) is 89.4 cm³/mol. The number of benzene rings is 1. The third-order valence-electron chi connectivity index (χ3n) is 3.56. The second-order valence-corrected chi connectivity index (χ2v) is 5.39. The first-order valence-electron chi connectivity index (χ1n) is 7.76. The van der Waals surface area contributed by atoms with Crippen molar-refractivity contribution in [3.63, 3.8) is 0 Å². The summed E-state index contributed by atoms with van der Waals surface area (Å²) in [6, 6.07) is 7.89. The number of aromatic nitrogens is 1. The van der Waals surface area contributed by atoms with Gasteiger partial charge in [-0.05, 0) is 18.9 Å². The van der Waals surface area contributed by atoms with Gasteiger partial charge in [-0.2, -0.15) is 5.10 Å². The van der Waals surface area contributed by atoms with Gasteiger partial charge in [-0.3, -0.25) is 9.59 Å². The lowest BCUT2D eigenvalue weighted by atomic mass is 10.1. The molecular formula is C17H21N3O3. The number of hydrazone groups is 1. The number of carbonyl (C=O) groups excluding carboxylic acids is 1. The highest BCUT2D eigenvalue weighted by Gasteiger charge is 2.02. The van der Waals surface area contributed by atoms with Gasteiger partial charge < -0.3 is 10.1 Å². The summed E-state index contributed by atoms with van der Waals surface area (Å²) in [5.41, 5.74) is 4.47. The van der Waals surface area contributed by atoms with Gasteiger partial charge in [0.1, 0.15) is 0 Å². The Morgan fingerprint density at radius 3 is 2.65 bits per heavy atom. The van der Waals surface area contributed by atoms with Crippen molar-refractivity contribution < 1.29 is 14.7 Å². The number of hydrogen-bond acceptors (Lipinski definition) is 3. The number of aliphatic carboxylic acids is 1. The number of carboxylic acid groups (broad SMARTS) is 1. The molecule has 3 N–H and O–H groups in total. The molecule has 0 fully saturated rings. The normalized spacial score (nSPS) is 11.1. The number of nitrogens with zero attached hydrogens (tertiary/aromatic N) is 1. The smallest absolute Gasteiger partial charge is 0.303 e. The molecule has 0 unspecified atom stereocenters. The fourth-order valence-corrected chi connectivity index (χ4v) is 2.35. The predicted octanol–water partition coefficient (Wildman–Crippen LogP) is 3.04. The van der Waals surface area contributed by atoms with Gasteiger partial charge in [0.15, 0.2) is 0 Å². The summed E-state index contributed by atoms with van der Waals surface area (Å²) in [7, 11) is 0. The molecule has 0 radical (unpaired) electrons. The summed E-state index contributed by atoms with van der Waals surface area (Å²) in [6.45, 7) is 0. The minimum absolute atomic E-state index is 0.126. The van der Waals surface area contributed by atoms with E-state index in [1.54, 1.807) is 6.21 Å². The molecule has 1 amide bonds. The Morgan fingerprint density at radius 1 is 1.13 bits per heavy atom. The first-order valence-corrected chi connectivity index (χ1v) is 7.76. The Bertz CT molecular complexity index is 691. The maximum Gasteiger partial charge on any atom is 0.303 e. The number of rotatable bonds is 9. The molecule has 1 aromatic carbocycles. The van der Waals surface area contributed by atoms with E-state index in [4.69, 9.17) is 5.11 Å². The number of amides is 1. The molecule has 0 aliphatic rings. The maximum atomic E-state index is 11.6. The van der Waals surface area contributed by atoms with Crippen LogP contribution in [0.5, 0.6) is 0 Å². The van der Waals surface area contributed by atoms with E-state index in [1.807, 2.05) is 30.5 Å². The standard InChI is InChI=1S/C17H21N3O3/c21-16(9-3-1-2-4-10-17(22)23)20-19-12-13-11-18-15-8-6-5-7-14(13)15/h5-8,11-12,18H,1-4,9-10H2,(H,20,21)(H,22,23)/b19-12+. The molecule has 0 saturated heterocycles. The van der Waals surface area contributed by atoms with Crippen molar-refractivity contribution in [3.8, 4) is 0 Å². The summed E-state index contributed by atoms with van der Waals surface area (Å²) in [5, 5.41) is 13.6. The van der Waals surface area contributed by atoms with E-state index in [0.29, 0.717) is 12.8 Å². The van der Waals surface area contributed by atoms with Crippen molar-refractivity contribution in [2.45, 2.75) is 38.5 Å². The number of carbonyl (C=O) groups is 2. The number of fused-ring (bicyclic) bond motifs is 1. The second kappa shape index (κ2) is 8.73. The van der Waals surface area contributed by atoms with Gasteiger partial charge in [0, 0.05) is 35.5 Å². The van der Waals surface area contributed by atoms with E-state index < -0.39 is 5.97 Å². The van der Waals surface area contributed by atoms with Gasteiger partial charge >= 0.3 is 5.97 Å². The molecule has 0 bridgehead atoms. The zero-order valence-corrected chi connectivity index (χ0v) is 12.9. The molecule has 2 rings (SSSR count). The largest absolute Gasteiger partial charge is 0.481 e. The molecule has 6 heteroatoms. The fourth-order valence-electron chi connectivity index (χ4n) is 2.35. The minimum atomic E-state index is -0.769. The van der Waals surface area contributed by atoms with Crippen LogP contribution in [0.4, 0.5) is 0 Å². The van der Waals surface area contributed by atoms with E-state index in [1.165, 1.54) is 0 Å². The molecule has 0 aliphatic carbocycles. The van der Waals surface area contributed by atoms with E-state index in [9.17, 15) is 9.59 Å². The molecule has 1 heterocycles. The van der Waals surface area contributed by atoms with Gasteiger partial charge in [0.2, 0.25) is 5.91 Å². The van der Waals surface area contributed by atoms with Crippen LogP contribution in [0.1, 0.15) is 44.1 Å². The number of nitrogens with one attached hydrogen (secondary N) is 2. The van der Waals surface area contributed by atoms with Crippen LogP contribution in [-0.2, 0) is 9.59 Å². The summed E-state index contributed by atoms with van der Waals surface area (Å²) in [5.74, 6) is -0.895. The molecule has 0 aliphatic heterocycles. The van der Waals surface area contributed by atoms with Gasteiger partial charge in [0.25, 0.3) is 0 Å². The zero-order valence-electron chi connectivity index (χ0n) is 12.9. The summed E-state index contributed by atoms with van der Waals surface area (Å²) >= 11 is 0. The Hall–Kier alpha value is -2.63. The lowest BCUT2D eigenvalue weighted by Gasteiger charge is -2.00. The lowest BCUT2D eigenvalue weighted by molar-refractivity contribution is -0.137. The Morgan fingerprint density at radius 2 is 1.87 bits per heavy atom. The number of unbranched alkanes of at least 4 members (excludes halogenated alkanes) is 3. The highest BCUT2D eigenvalue weighted by atomic mass is 16.4. The number of hydrogen-bond donors (Lipinski definition) is 3. The number of aromatic amines is 1. The summed E-state index contributed by atoms with van der Waals surface area (Å²) < 4.78 is 0. The van der Waals surface area contributed by atoms with Crippen LogP contribution in [0.2, 0.25) is 0 Å². The van der Waals surface area contributed by atoms with Crippen molar-refractivity contribution in [1.82, 2.24) is 10.4 Å². The Labute approximate surface area is 134 Å². The molecule has 23 heavy (non-hydrogen) atoms. The minimum Gasteiger partial charge on any atom is -0.481 e. The Kier molecular flexibility index (Phi) is 6.35. The number of carboxylic acids is 1. The number of H-pyrrole nitrogens is 1. The van der Waals surface area contributed by atoms with E-state index in [2.05, 4.69) is 15.5 Å². The van der Waals surface area contributed by atoms with Gasteiger partial charge in [-0.1, -0.05) is 31.0 Å². The molecular weight excluding hydrogens is 294 g/mol. The first kappa shape index (κ1) is 16.7.